The van der Waals surface area contributed by atoms with Crippen molar-refractivity contribution in [3.63, 3.8) is 0 Å². The number of hydrogen-bond donors (Lipinski definition) is 1. The summed E-state index contributed by atoms with van der Waals surface area (Å²) in [5, 5.41) is 7.25. The van der Waals surface area contributed by atoms with Crippen LogP contribution >= 0.6 is 0 Å². The maximum atomic E-state index is 13.1. The van der Waals surface area contributed by atoms with E-state index in [9.17, 15) is 9.18 Å². The zero-order chi connectivity index (χ0) is 18.0. The standard InChI is InChI=1S/C20H20FN3O/c1-4-19-18(12-22-24(19)17-7-5-15(21)6-8-17)20(25)23-16-10-13(2)9-14(3)11-16/h5-12H,4H2,1-3H3,(H,23,25). The number of halogens is 1. The van der Waals surface area contributed by atoms with Gasteiger partial charge in [0.2, 0.25) is 0 Å². The average Bonchev–Trinajstić information content (AvgIpc) is 2.98. The SMILES string of the molecule is CCc1c(C(=O)Nc2cc(C)cc(C)c2)cnn1-c1ccc(F)cc1. The van der Waals surface area contributed by atoms with Crippen LogP contribution < -0.4 is 5.32 Å². The van der Waals surface area contributed by atoms with Gasteiger partial charge in [-0.25, -0.2) is 9.07 Å². The molecule has 0 aliphatic rings. The van der Waals surface area contributed by atoms with Crippen molar-refractivity contribution in [2.45, 2.75) is 27.2 Å². The number of carbonyl (C=O) groups is 1. The van der Waals surface area contributed by atoms with Crippen LogP contribution in [-0.2, 0) is 6.42 Å². The molecule has 4 nitrogen and oxygen atoms in total. The monoisotopic (exact) mass is 337 g/mol. The number of nitrogens with zero attached hydrogens (tertiary/aromatic N) is 2. The maximum Gasteiger partial charge on any atom is 0.259 e. The van der Waals surface area contributed by atoms with Crippen LogP contribution in [-0.4, -0.2) is 15.7 Å². The molecule has 0 saturated carbocycles. The van der Waals surface area contributed by atoms with E-state index in [4.69, 9.17) is 0 Å². The Hall–Kier alpha value is -2.95. The predicted octanol–water partition coefficient (Wildman–Crippen LogP) is 4.44. The van der Waals surface area contributed by atoms with E-state index in [1.165, 1.54) is 12.1 Å². The zero-order valence-electron chi connectivity index (χ0n) is 14.5. The summed E-state index contributed by atoms with van der Waals surface area (Å²) in [7, 11) is 0. The van der Waals surface area contributed by atoms with Crippen LogP contribution in [0.5, 0.6) is 0 Å². The fourth-order valence-corrected chi connectivity index (χ4v) is 2.95. The van der Waals surface area contributed by atoms with E-state index in [0.29, 0.717) is 12.0 Å². The Kier molecular flexibility index (Phi) is 4.65. The van der Waals surface area contributed by atoms with E-state index in [-0.39, 0.29) is 11.7 Å². The van der Waals surface area contributed by atoms with Gasteiger partial charge in [-0.05, 0) is 67.8 Å². The summed E-state index contributed by atoms with van der Waals surface area (Å²) in [4.78, 5) is 12.7. The van der Waals surface area contributed by atoms with Gasteiger partial charge >= 0.3 is 0 Å². The third-order valence-corrected chi connectivity index (χ3v) is 4.00. The van der Waals surface area contributed by atoms with Crippen molar-refractivity contribution in [2.24, 2.45) is 0 Å². The molecule has 0 spiro atoms. The van der Waals surface area contributed by atoms with E-state index in [1.54, 1.807) is 23.0 Å². The van der Waals surface area contributed by atoms with E-state index < -0.39 is 0 Å². The van der Waals surface area contributed by atoms with Crippen LogP contribution in [0.1, 0.15) is 34.1 Å². The molecule has 0 aliphatic carbocycles. The van der Waals surface area contributed by atoms with Gasteiger partial charge < -0.3 is 5.32 Å². The van der Waals surface area contributed by atoms with Crippen molar-refractivity contribution in [2.75, 3.05) is 5.32 Å². The smallest absolute Gasteiger partial charge is 0.259 e. The first-order valence-corrected chi connectivity index (χ1v) is 8.20. The molecule has 0 radical (unpaired) electrons. The molecule has 25 heavy (non-hydrogen) atoms. The highest BCUT2D eigenvalue weighted by Gasteiger charge is 2.17. The van der Waals surface area contributed by atoms with Crippen LogP contribution in [0, 0.1) is 19.7 Å². The summed E-state index contributed by atoms with van der Waals surface area (Å²) in [6.45, 7) is 5.95. The van der Waals surface area contributed by atoms with Gasteiger partial charge in [0.1, 0.15) is 5.82 Å². The molecule has 5 heteroatoms. The van der Waals surface area contributed by atoms with Crippen molar-refractivity contribution in [1.82, 2.24) is 9.78 Å². The predicted molar refractivity (Wildman–Crippen MR) is 96.8 cm³/mol. The van der Waals surface area contributed by atoms with Crippen molar-refractivity contribution in [1.29, 1.82) is 0 Å². The summed E-state index contributed by atoms with van der Waals surface area (Å²) in [5.41, 5.74) is 4.98. The Morgan fingerprint density at radius 2 is 1.76 bits per heavy atom. The molecule has 1 heterocycles. The lowest BCUT2D eigenvalue weighted by atomic mass is 10.1. The first-order chi connectivity index (χ1) is 12.0. The second kappa shape index (κ2) is 6.89. The first-order valence-electron chi connectivity index (χ1n) is 8.20. The average molecular weight is 337 g/mol. The molecule has 3 aromatic rings. The van der Waals surface area contributed by atoms with E-state index in [2.05, 4.69) is 16.5 Å². The molecule has 0 unspecified atom stereocenters. The number of hydrogen-bond acceptors (Lipinski definition) is 2. The van der Waals surface area contributed by atoms with Gasteiger partial charge in [-0.3, -0.25) is 4.79 Å². The minimum absolute atomic E-state index is 0.199. The van der Waals surface area contributed by atoms with Crippen LogP contribution in [0.25, 0.3) is 5.69 Å². The quantitative estimate of drug-likeness (QED) is 0.765. The lowest BCUT2D eigenvalue weighted by molar-refractivity contribution is 0.102. The maximum absolute atomic E-state index is 13.1. The highest BCUT2D eigenvalue weighted by Crippen LogP contribution is 2.19. The van der Waals surface area contributed by atoms with Crippen molar-refractivity contribution in [3.8, 4) is 5.69 Å². The van der Waals surface area contributed by atoms with Crippen molar-refractivity contribution < 1.29 is 9.18 Å². The Bertz CT molecular complexity index is 893. The van der Waals surface area contributed by atoms with Gasteiger partial charge in [-0.2, -0.15) is 5.10 Å². The summed E-state index contributed by atoms with van der Waals surface area (Å²) < 4.78 is 14.8. The fourth-order valence-electron chi connectivity index (χ4n) is 2.95. The fraction of sp³-hybridized carbons (Fsp3) is 0.200. The third kappa shape index (κ3) is 3.60. The van der Waals surface area contributed by atoms with Crippen LogP contribution in [0.3, 0.4) is 0 Å². The molecule has 0 bridgehead atoms. The molecule has 1 amide bonds. The van der Waals surface area contributed by atoms with Gasteiger partial charge in [0, 0.05) is 5.69 Å². The van der Waals surface area contributed by atoms with E-state index in [0.717, 1.165) is 28.2 Å². The number of rotatable bonds is 4. The normalized spacial score (nSPS) is 10.7. The Labute approximate surface area is 146 Å². The Balaban J connectivity index is 1.92. The van der Waals surface area contributed by atoms with Gasteiger partial charge in [-0.15, -0.1) is 0 Å². The Morgan fingerprint density at radius 3 is 2.36 bits per heavy atom. The lowest BCUT2D eigenvalue weighted by Crippen LogP contribution is -2.14. The second-order valence-electron chi connectivity index (χ2n) is 6.08. The molecular weight excluding hydrogens is 317 g/mol. The van der Waals surface area contributed by atoms with Gasteiger partial charge in [0.05, 0.1) is 23.1 Å². The number of aryl methyl sites for hydroxylation is 2. The van der Waals surface area contributed by atoms with E-state index in [1.807, 2.05) is 32.9 Å². The Morgan fingerprint density at radius 1 is 1.12 bits per heavy atom. The molecule has 3 rings (SSSR count). The largest absolute Gasteiger partial charge is 0.322 e. The highest BCUT2D eigenvalue weighted by molar-refractivity contribution is 6.05. The summed E-state index contributed by atoms with van der Waals surface area (Å²) in [6, 6.07) is 12.0. The minimum Gasteiger partial charge on any atom is -0.322 e. The molecule has 0 aliphatic heterocycles. The molecule has 1 aromatic heterocycles. The van der Waals surface area contributed by atoms with Crippen LogP contribution in [0.15, 0.2) is 48.7 Å². The number of anilines is 1. The number of aromatic nitrogens is 2. The summed E-state index contributed by atoms with van der Waals surface area (Å²) >= 11 is 0. The molecule has 1 N–H and O–H groups in total. The van der Waals surface area contributed by atoms with Gasteiger partial charge in [0.25, 0.3) is 5.91 Å². The summed E-state index contributed by atoms with van der Waals surface area (Å²) in [6.07, 6.45) is 2.19. The van der Waals surface area contributed by atoms with Gasteiger partial charge in [-0.1, -0.05) is 13.0 Å². The zero-order valence-corrected chi connectivity index (χ0v) is 14.5. The topological polar surface area (TPSA) is 46.9 Å². The molecule has 2 aromatic carbocycles. The van der Waals surface area contributed by atoms with Crippen LogP contribution in [0.2, 0.25) is 0 Å². The number of nitrogens with one attached hydrogen (secondary N) is 1. The van der Waals surface area contributed by atoms with Crippen LogP contribution in [0.4, 0.5) is 10.1 Å². The first kappa shape index (κ1) is 16.9. The molecular formula is C20H20FN3O. The minimum atomic E-state index is -0.304. The number of amides is 1. The number of carbonyl (C=O) groups excluding carboxylic acids is 1. The molecule has 0 atom stereocenters. The highest BCUT2D eigenvalue weighted by atomic mass is 19.1. The van der Waals surface area contributed by atoms with Gasteiger partial charge in [0.15, 0.2) is 0 Å². The molecule has 0 saturated heterocycles. The molecule has 128 valence electrons. The lowest BCUT2D eigenvalue weighted by Gasteiger charge is -2.09. The third-order valence-electron chi connectivity index (χ3n) is 4.00. The molecule has 0 fully saturated rings. The second-order valence-corrected chi connectivity index (χ2v) is 6.08. The summed E-state index contributed by atoms with van der Waals surface area (Å²) in [5.74, 6) is -0.503. The van der Waals surface area contributed by atoms with E-state index >= 15 is 0 Å². The van der Waals surface area contributed by atoms with Crippen molar-refractivity contribution >= 4 is 11.6 Å². The number of benzene rings is 2. The van der Waals surface area contributed by atoms with Crippen molar-refractivity contribution in [3.05, 3.63) is 76.9 Å².